The predicted molar refractivity (Wildman–Crippen MR) is 100.0 cm³/mol. The summed E-state index contributed by atoms with van der Waals surface area (Å²) in [6.45, 7) is 1.82. The minimum Gasteiger partial charge on any atom is -0.354 e. The minimum atomic E-state index is -0.275. The van der Waals surface area contributed by atoms with Crippen LogP contribution in [0.15, 0.2) is 30.3 Å². The SMILES string of the molecule is CN(C)Cc1cc(-c2ccccc2F)nn1CCNC(=O)C1CCCC1. The van der Waals surface area contributed by atoms with E-state index in [1.54, 1.807) is 12.1 Å². The van der Waals surface area contributed by atoms with Crippen molar-refractivity contribution < 1.29 is 9.18 Å². The molecule has 0 bridgehead atoms. The lowest BCUT2D eigenvalue weighted by atomic mass is 10.1. The van der Waals surface area contributed by atoms with Crippen LogP contribution in [0.5, 0.6) is 0 Å². The molecule has 1 fully saturated rings. The molecule has 1 aliphatic carbocycles. The fourth-order valence-corrected chi connectivity index (χ4v) is 3.52. The molecule has 0 radical (unpaired) electrons. The van der Waals surface area contributed by atoms with Gasteiger partial charge in [0.25, 0.3) is 0 Å². The second-order valence-electron chi connectivity index (χ2n) is 7.23. The van der Waals surface area contributed by atoms with Crippen LogP contribution >= 0.6 is 0 Å². The highest BCUT2D eigenvalue weighted by Gasteiger charge is 2.22. The Labute approximate surface area is 154 Å². The molecule has 1 aromatic heterocycles. The van der Waals surface area contributed by atoms with Crippen LogP contribution in [0.4, 0.5) is 4.39 Å². The average Bonchev–Trinajstić information content (AvgIpc) is 3.25. The number of hydrogen-bond acceptors (Lipinski definition) is 3. The van der Waals surface area contributed by atoms with Crippen LogP contribution in [0.1, 0.15) is 31.4 Å². The molecule has 0 saturated heterocycles. The number of hydrogen-bond donors (Lipinski definition) is 1. The van der Waals surface area contributed by atoms with Gasteiger partial charge in [-0.05, 0) is 45.1 Å². The maximum Gasteiger partial charge on any atom is 0.223 e. The van der Waals surface area contributed by atoms with E-state index in [1.807, 2.05) is 30.9 Å². The first-order valence-electron chi connectivity index (χ1n) is 9.28. The highest BCUT2D eigenvalue weighted by atomic mass is 19.1. The van der Waals surface area contributed by atoms with Crippen molar-refractivity contribution in [3.05, 3.63) is 41.8 Å². The largest absolute Gasteiger partial charge is 0.354 e. The van der Waals surface area contributed by atoms with Crippen molar-refractivity contribution >= 4 is 5.91 Å². The standard InChI is InChI=1S/C20H27FN4O/c1-24(2)14-16-13-19(17-9-5-6-10-18(17)21)23-25(16)12-11-22-20(26)15-7-3-4-8-15/h5-6,9-10,13,15H,3-4,7-8,11-12,14H2,1-2H3,(H,22,26). The summed E-state index contributed by atoms with van der Waals surface area (Å²) in [6, 6.07) is 8.60. The molecule has 0 aliphatic heterocycles. The van der Waals surface area contributed by atoms with Crippen molar-refractivity contribution in [2.75, 3.05) is 20.6 Å². The number of carbonyl (C=O) groups excluding carboxylic acids is 1. The normalized spacial score (nSPS) is 14.9. The molecule has 3 rings (SSSR count). The second kappa shape index (κ2) is 8.45. The molecular weight excluding hydrogens is 331 g/mol. The van der Waals surface area contributed by atoms with E-state index in [9.17, 15) is 9.18 Å². The van der Waals surface area contributed by atoms with E-state index in [0.717, 1.165) is 31.4 Å². The zero-order valence-electron chi connectivity index (χ0n) is 15.5. The van der Waals surface area contributed by atoms with Crippen LogP contribution in [-0.4, -0.2) is 41.2 Å². The van der Waals surface area contributed by atoms with Crippen LogP contribution in [0.3, 0.4) is 0 Å². The Bertz CT molecular complexity index is 750. The molecule has 0 spiro atoms. The topological polar surface area (TPSA) is 50.2 Å². The molecule has 1 N–H and O–H groups in total. The number of amides is 1. The van der Waals surface area contributed by atoms with Crippen LogP contribution in [0.2, 0.25) is 0 Å². The van der Waals surface area contributed by atoms with Gasteiger partial charge >= 0.3 is 0 Å². The van der Waals surface area contributed by atoms with Crippen LogP contribution in [-0.2, 0) is 17.9 Å². The van der Waals surface area contributed by atoms with Gasteiger partial charge in [0.1, 0.15) is 5.82 Å². The third-order valence-electron chi connectivity index (χ3n) is 4.84. The summed E-state index contributed by atoms with van der Waals surface area (Å²) >= 11 is 0. The minimum absolute atomic E-state index is 0.151. The number of nitrogens with one attached hydrogen (secondary N) is 1. The third-order valence-corrected chi connectivity index (χ3v) is 4.84. The van der Waals surface area contributed by atoms with E-state index < -0.39 is 0 Å². The smallest absolute Gasteiger partial charge is 0.223 e. The Morgan fingerprint density at radius 2 is 2.04 bits per heavy atom. The monoisotopic (exact) mass is 358 g/mol. The summed E-state index contributed by atoms with van der Waals surface area (Å²) in [5.41, 5.74) is 2.13. The summed E-state index contributed by atoms with van der Waals surface area (Å²) in [5, 5.41) is 7.61. The summed E-state index contributed by atoms with van der Waals surface area (Å²) in [5.74, 6) is 0.0454. The zero-order chi connectivity index (χ0) is 18.5. The number of rotatable bonds is 7. The van der Waals surface area contributed by atoms with E-state index >= 15 is 0 Å². The van der Waals surface area contributed by atoms with Crippen LogP contribution in [0.25, 0.3) is 11.3 Å². The van der Waals surface area contributed by atoms with Gasteiger partial charge in [-0.2, -0.15) is 5.10 Å². The van der Waals surface area contributed by atoms with Gasteiger partial charge < -0.3 is 10.2 Å². The molecule has 1 heterocycles. The van der Waals surface area contributed by atoms with E-state index in [1.165, 1.54) is 6.07 Å². The molecule has 140 valence electrons. The molecule has 6 heteroatoms. The summed E-state index contributed by atoms with van der Waals surface area (Å²) < 4.78 is 16.0. The fourth-order valence-electron chi connectivity index (χ4n) is 3.52. The van der Waals surface area contributed by atoms with Crippen molar-refractivity contribution in [2.24, 2.45) is 5.92 Å². The number of benzene rings is 1. The van der Waals surface area contributed by atoms with Crippen LogP contribution in [0, 0.1) is 11.7 Å². The van der Waals surface area contributed by atoms with Crippen molar-refractivity contribution in [3.63, 3.8) is 0 Å². The van der Waals surface area contributed by atoms with Gasteiger partial charge in [0.2, 0.25) is 5.91 Å². The maximum atomic E-state index is 14.1. The molecule has 1 aliphatic rings. The Balaban J connectivity index is 1.70. The highest BCUT2D eigenvalue weighted by molar-refractivity contribution is 5.78. The Hall–Kier alpha value is -2.21. The summed E-state index contributed by atoms with van der Waals surface area (Å²) in [6.07, 6.45) is 4.29. The molecule has 1 aromatic carbocycles. The first-order valence-corrected chi connectivity index (χ1v) is 9.28. The van der Waals surface area contributed by atoms with Gasteiger partial charge in [0, 0.05) is 24.6 Å². The molecular formula is C20H27FN4O. The molecule has 0 unspecified atom stereocenters. The van der Waals surface area contributed by atoms with Crippen LogP contribution < -0.4 is 5.32 Å². The summed E-state index contributed by atoms with van der Waals surface area (Å²) in [4.78, 5) is 14.2. The number of aromatic nitrogens is 2. The molecule has 2 aromatic rings. The van der Waals surface area contributed by atoms with Crippen molar-refractivity contribution in [1.29, 1.82) is 0 Å². The molecule has 26 heavy (non-hydrogen) atoms. The third kappa shape index (κ3) is 4.49. The number of carbonyl (C=O) groups is 1. The van der Waals surface area contributed by atoms with Gasteiger partial charge in [-0.3, -0.25) is 9.48 Å². The average molecular weight is 358 g/mol. The Morgan fingerprint density at radius 1 is 1.31 bits per heavy atom. The van der Waals surface area contributed by atoms with Crippen molar-refractivity contribution in [2.45, 2.75) is 38.8 Å². The van der Waals surface area contributed by atoms with Gasteiger partial charge in [-0.15, -0.1) is 0 Å². The lowest BCUT2D eigenvalue weighted by Gasteiger charge is -2.13. The molecule has 1 amide bonds. The van der Waals surface area contributed by atoms with Crippen molar-refractivity contribution in [1.82, 2.24) is 20.0 Å². The maximum absolute atomic E-state index is 14.1. The molecule has 5 nitrogen and oxygen atoms in total. The predicted octanol–water partition coefficient (Wildman–Crippen LogP) is 3.06. The lowest BCUT2D eigenvalue weighted by Crippen LogP contribution is -2.32. The number of nitrogens with zero attached hydrogens (tertiary/aromatic N) is 3. The zero-order valence-corrected chi connectivity index (χ0v) is 15.5. The molecule has 0 atom stereocenters. The fraction of sp³-hybridized carbons (Fsp3) is 0.500. The van der Waals surface area contributed by atoms with E-state index in [2.05, 4.69) is 15.3 Å². The van der Waals surface area contributed by atoms with Gasteiger partial charge in [-0.1, -0.05) is 25.0 Å². The Kier molecular flexibility index (Phi) is 6.04. The lowest BCUT2D eigenvalue weighted by molar-refractivity contribution is -0.124. The second-order valence-corrected chi connectivity index (χ2v) is 7.23. The number of halogens is 1. The van der Waals surface area contributed by atoms with E-state index in [-0.39, 0.29) is 17.6 Å². The van der Waals surface area contributed by atoms with Gasteiger partial charge in [0.15, 0.2) is 0 Å². The van der Waals surface area contributed by atoms with Gasteiger partial charge in [0.05, 0.1) is 17.9 Å². The summed E-state index contributed by atoms with van der Waals surface area (Å²) in [7, 11) is 3.98. The quantitative estimate of drug-likeness (QED) is 0.828. The Morgan fingerprint density at radius 3 is 2.73 bits per heavy atom. The first-order chi connectivity index (χ1) is 12.5. The van der Waals surface area contributed by atoms with Crippen molar-refractivity contribution in [3.8, 4) is 11.3 Å². The van der Waals surface area contributed by atoms with Gasteiger partial charge in [-0.25, -0.2) is 4.39 Å². The molecule has 1 saturated carbocycles. The first kappa shape index (κ1) is 18.6. The van der Waals surface area contributed by atoms with E-state index in [4.69, 9.17) is 0 Å². The van der Waals surface area contributed by atoms with E-state index in [0.29, 0.717) is 30.9 Å². The highest BCUT2D eigenvalue weighted by Crippen LogP contribution is 2.25.